The van der Waals surface area contributed by atoms with Crippen molar-refractivity contribution in [2.45, 2.75) is 45.2 Å². The molecule has 2 heterocycles. The van der Waals surface area contributed by atoms with E-state index in [0.717, 1.165) is 50.0 Å². The molecule has 0 bridgehead atoms. The first kappa shape index (κ1) is 22.4. The first-order chi connectivity index (χ1) is 13.2. The Morgan fingerprint density at radius 2 is 1.96 bits per heavy atom. The lowest BCUT2D eigenvalue weighted by atomic mass is 10.1. The zero-order valence-electron chi connectivity index (χ0n) is 16.2. The molecule has 154 valence electrons. The van der Waals surface area contributed by atoms with Crippen molar-refractivity contribution in [1.29, 1.82) is 0 Å². The standard InChI is InChI=1S/C19H27FN6O.HI/c1-21-18(23-12-10-15-6-8-16(20)9-7-15)22-11-4-14-26-19(27)25-13-3-2-5-17(25)24-26;/h6-9H,2-5,10-14H2,1H3,(H2,21,22,23);1H. The van der Waals surface area contributed by atoms with Gasteiger partial charge in [0.05, 0.1) is 0 Å². The van der Waals surface area contributed by atoms with E-state index in [0.29, 0.717) is 25.6 Å². The molecule has 0 spiro atoms. The van der Waals surface area contributed by atoms with Crippen LogP contribution in [-0.4, -0.2) is 40.4 Å². The molecule has 0 fully saturated rings. The summed E-state index contributed by atoms with van der Waals surface area (Å²) in [5, 5.41) is 10.9. The van der Waals surface area contributed by atoms with Crippen molar-refractivity contribution in [2.75, 3.05) is 20.1 Å². The van der Waals surface area contributed by atoms with Crippen LogP contribution in [0.25, 0.3) is 0 Å². The predicted molar refractivity (Wildman–Crippen MR) is 119 cm³/mol. The van der Waals surface area contributed by atoms with E-state index in [-0.39, 0.29) is 35.5 Å². The SMILES string of the molecule is CN=C(NCCCn1nc2n(c1=O)CCCC2)NCCc1ccc(F)cc1.I. The molecule has 2 N–H and O–H groups in total. The van der Waals surface area contributed by atoms with Crippen molar-refractivity contribution in [2.24, 2.45) is 4.99 Å². The number of guanidine groups is 1. The van der Waals surface area contributed by atoms with E-state index in [9.17, 15) is 9.18 Å². The Balaban J connectivity index is 0.00000280. The summed E-state index contributed by atoms with van der Waals surface area (Å²) in [5.74, 6) is 1.41. The fraction of sp³-hybridized carbons (Fsp3) is 0.526. The van der Waals surface area contributed by atoms with E-state index in [4.69, 9.17) is 0 Å². The van der Waals surface area contributed by atoms with Crippen LogP contribution < -0.4 is 16.3 Å². The van der Waals surface area contributed by atoms with Gasteiger partial charge in [-0.3, -0.25) is 9.56 Å². The molecular formula is C19H28FIN6O. The van der Waals surface area contributed by atoms with Crippen LogP contribution in [0.4, 0.5) is 4.39 Å². The average Bonchev–Trinajstić information content (AvgIpc) is 3.01. The number of aliphatic imine (C=N–C) groups is 1. The molecule has 0 saturated carbocycles. The molecule has 9 heteroatoms. The van der Waals surface area contributed by atoms with Crippen LogP contribution >= 0.6 is 24.0 Å². The molecule has 7 nitrogen and oxygen atoms in total. The number of rotatable bonds is 7. The number of nitrogens with one attached hydrogen (secondary N) is 2. The molecule has 1 aromatic carbocycles. The van der Waals surface area contributed by atoms with Gasteiger partial charge in [0.2, 0.25) is 0 Å². The van der Waals surface area contributed by atoms with Gasteiger partial charge in [0.1, 0.15) is 11.6 Å². The third kappa shape index (κ3) is 6.05. The van der Waals surface area contributed by atoms with E-state index >= 15 is 0 Å². The zero-order valence-corrected chi connectivity index (χ0v) is 18.5. The second-order valence-corrected chi connectivity index (χ2v) is 6.69. The minimum atomic E-state index is -0.221. The van der Waals surface area contributed by atoms with Crippen LogP contribution in [-0.2, 0) is 25.9 Å². The summed E-state index contributed by atoms with van der Waals surface area (Å²) in [6.07, 6.45) is 4.63. The van der Waals surface area contributed by atoms with E-state index < -0.39 is 0 Å². The topological polar surface area (TPSA) is 76.2 Å². The molecule has 1 aliphatic rings. The zero-order chi connectivity index (χ0) is 19.1. The Morgan fingerprint density at radius 1 is 1.21 bits per heavy atom. The van der Waals surface area contributed by atoms with Crippen LogP contribution in [0.15, 0.2) is 34.1 Å². The van der Waals surface area contributed by atoms with Gasteiger partial charge in [-0.2, -0.15) is 5.10 Å². The van der Waals surface area contributed by atoms with Crippen molar-refractivity contribution in [3.8, 4) is 0 Å². The highest BCUT2D eigenvalue weighted by Gasteiger charge is 2.16. The summed E-state index contributed by atoms with van der Waals surface area (Å²) in [7, 11) is 1.72. The Labute approximate surface area is 181 Å². The van der Waals surface area contributed by atoms with Gasteiger partial charge in [0.15, 0.2) is 5.96 Å². The highest BCUT2D eigenvalue weighted by atomic mass is 127. The third-order valence-electron chi connectivity index (χ3n) is 4.71. The lowest BCUT2D eigenvalue weighted by Crippen LogP contribution is -2.39. The van der Waals surface area contributed by atoms with Crippen molar-refractivity contribution in [3.05, 3.63) is 52.0 Å². The first-order valence-corrected chi connectivity index (χ1v) is 9.53. The van der Waals surface area contributed by atoms with Gasteiger partial charge in [-0.25, -0.2) is 13.9 Å². The molecule has 0 atom stereocenters. The number of aryl methyl sites for hydroxylation is 2. The van der Waals surface area contributed by atoms with Crippen LogP contribution in [0.3, 0.4) is 0 Å². The summed E-state index contributed by atoms with van der Waals surface area (Å²) < 4.78 is 16.3. The van der Waals surface area contributed by atoms with Crippen molar-refractivity contribution < 1.29 is 4.39 Å². The predicted octanol–water partition coefficient (Wildman–Crippen LogP) is 1.94. The van der Waals surface area contributed by atoms with E-state index in [1.165, 1.54) is 12.1 Å². The first-order valence-electron chi connectivity index (χ1n) is 9.53. The van der Waals surface area contributed by atoms with Gasteiger partial charge < -0.3 is 10.6 Å². The number of hydrogen-bond donors (Lipinski definition) is 2. The molecular weight excluding hydrogens is 474 g/mol. The summed E-state index contributed by atoms with van der Waals surface area (Å²) in [4.78, 5) is 16.5. The Kier molecular flexibility index (Phi) is 8.94. The molecule has 3 rings (SSSR count). The number of halogens is 2. The molecule has 0 unspecified atom stereocenters. The van der Waals surface area contributed by atoms with Gasteiger partial charge in [0.25, 0.3) is 0 Å². The number of fused-ring (bicyclic) bond motifs is 1. The van der Waals surface area contributed by atoms with Gasteiger partial charge >= 0.3 is 5.69 Å². The molecule has 0 amide bonds. The number of nitrogens with zero attached hydrogens (tertiary/aromatic N) is 4. The summed E-state index contributed by atoms with van der Waals surface area (Å²) in [6.45, 7) is 2.79. The van der Waals surface area contributed by atoms with Crippen LogP contribution in [0.1, 0.15) is 30.7 Å². The van der Waals surface area contributed by atoms with Crippen molar-refractivity contribution in [3.63, 3.8) is 0 Å². The minimum absolute atomic E-state index is 0. The van der Waals surface area contributed by atoms with E-state index in [2.05, 4.69) is 20.7 Å². The Morgan fingerprint density at radius 3 is 2.68 bits per heavy atom. The Bertz CT molecular complexity index is 830. The largest absolute Gasteiger partial charge is 0.356 e. The van der Waals surface area contributed by atoms with E-state index in [1.807, 2.05) is 0 Å². The number of aromatic nitrogens is 3. The normalized spacial score (nSPS) is 13.6. The number of benzene rings is 1. The maximum atomic E-state index is 12.9. The maximum absolute atomic E-state index is 12.9. The third-order valence-corrected chi connectivity index (χ3v) is 4.71. The van der Waals surface area contributed by atoms with Crippen LogP contribution in [0, 0.1) is 5.82 Å². The van der Waals surface area contributed by atoms with E-state index in [1.54, 1.807) is 28.4 Å². The monoisotopic (exact) mass is 502 g/mol. The average molecular weight is 502 g/mol. The molecule has 2 aromatic rings. The maximum Gasteiger partial charge on any atom is 0.345 e. The molecule has 1 aromatic heterocycles. The van der Waals surface area contributed by atoms with Gasteiger partial charge in [-0.15, -0.1) is 24.0 Å². The quantitative estimate of drug-likeness (QED) is 0.263. The van der Waals surface area contributed by atoms with Gasteiger partial charge in [-0.05, 0) is 43.4 Å². The lowest BCUT2D eigenvalue weighted by molar-refractivity contribution is 0.509. The van der Waals surface area contributed by atoms with Crippen LogP contribution in [0.2, 0.25) is 0 Å². The van der Waals surface area contributed by atoms with Crippen molar-refractivity contribution >= 4 is 29.9 Å². The second-order valence-electron chi connectivity index (χ2n) is 6.69. The lowest BCUT2D eigenvalue weighted by Gasteiger charge is -2.11. The minimum Gasteiger partial charge on any atom is -0.356 e. The summed E-state index contributed by atoms with van der Waals surface area (Å²) >= 11 is 0. The smallest absolute Gasteiger partial charge is 0.345 e. The summed E-state index contributed by atoms with van der Waals surface area (Å²) in [6, 6.07) is 6.51. The fourth-order valence-corrected chi connectivity index (χ4v) is 3.23. The molecule has 0 saturated heterocycles. The highest BCUT2D eigenvalue weighted by molar-refractivity contribution is 14.0. The van der Waals surface area contributed by atoms with Crippen molar-refractivity contribution in [1.82, 2.24) is 25.0 Å². The van der Waals surface area contributed by atoms with Gasteiger partial charge in [-0.1, -0.05) is 12.1 Å². The molecule has 0 aliphatic carbocycles. The van der Waals surface area contributed by atoms with Gasteiger partial charge in [0, 0.05) is 39.6 Å². The molecule has 0 radical (unpaired) electrons. The number of hydrogen-bond acceptors (Lipinski definition) is 3. The van der Waals surface area contributed by atoms with Crippen LogP contribution in [0.5, 0.6) is 0 Å². The second kappa shape index (κ2) is 11.2. The fourth-order valence-electron chi connectivity index (χ4n) is 3.23. The highest BCUT2D eigenvalue weighted by Crippen LogP contribution is 2.09. The summed E-state index contributed by atoms with van der Waals surface area (Å²) in [5.41, 5.74) is 1.08. The molecule has 28 heavy (non-hydrogen) atoms. The molecule has 1 aliphatic heterocycles. The Hall–Kier alpha value is -1.91.